The van der Waals surface area contributed by atoms with Crippen molar-refractivity contribution in [1.29, 1.82) is 0 Å². The average Bonchev–Trinajstić information content (AvgIpc) is 3.51. The van der Waals surface area contributed by atoms with Crippen molar-refractivity contribution in [3.63, 3.8) is 0 Å². The second-order valence-corrected chi connectivity index (χ2v) is 7.47. The molecule has 4 aromatic rings. The molecule has 2 aromatic heterocycles. The molecule has 146 valence electrons. The van der Waals surface area contributed by atoms with Crippen LogP contribution in [-0.2, 0) is 13.7 Å². The molecule has 29 heavy (non-hydrogen) atoms. The van der Waals surface area contributed by atoms with Gasteiger partial charge in [-0.05, 0) is 54.8 Å². The van der Waals surface area contributed by atoms with Gasteiger partial charge in [0.1, 0.15) is 24.0 Å². The molecule has 0 N–H and O–H groups in total. The summed E-state index contributed by atoms with van der Waals surface area (Å²) >= 11 is 0. The van der Waals surface area contributed by atoms with Crippen LogP contribution in [0.25, 0.3) is 16.7 Å². The van der Waals surface area contributed by atoms with Crippen LogP contribution in [0, 0.1) is 5.82 Å². The molecule has 0 unspecified atom stereocenters. The molecule has 0 saturated heterocycles. The van der Waals surface area contributed by atoms with Crippen molar-refractivity contribution in [2.75, 3.05) is 0 Å². The number of benzene rings is 2. The SMILES string of the molecule is Cn1c(C2CC2)nc2ccc(-n3ccc(OCc4cccc(F)c4)cc3=O)cc21. The third-order valence-electron chi connectivity index (χ3n) is 5.31. The van der Waals surface area contributed by atoms with Gasteiger partial charge in [-0.25, -0.2) is 9.37 Å². The van der Waals surface area contributed by atoms with E-state index < -0.39 is 0 Å². The van der Waals surface area contributed by atoms with Crippen LogP contribution >= 0.6 is 0 Å². The maximum atomic E-state index is 13.3. The number of rotatable bonds is 5. The van der Waals surface area contributed by atoms with Crippen molar-refractivity contribution in [3.8, 4) is 11.4 Å². The van der Waals surface area contributed by atoms with Crippen LogP contribution < -0.4 is 10.3 Å². The predicted molar refractivity (Wildman–Crippen MR) is 109 cm³/mol. The first-order chi connectivity index (χ1) is 14.1. The van der Waals surface area contributed by atoms with E-state index in [-0.39, 0.29) is 18.0 Å². The van der Waals surface area contributed by atoms with E-state index in [4.69, 9.17) is 9.72 Å². The number of halogens is 1. The minimum absolute atomic E-state index is 0.189. The minimum Gasteiger partial charge on any atom is -0.489 e. The van der Waals surface area contributed by atoms with Crippen LogP contribution in [0.3, 0.4) is 0 Å². The lowest BCUT2D eigenvalue weighted by Crippen LogP contribution is -2.16. The van der Waals surface area contributed by atoms with E-state index >= 15 is 0 Å². The highest BCUT2D eigenvalue weighted by molar-refractivity contribution is 5.78. The first kappa shape index (κ1) is 17.7. The first-order valence-electron chi connectivity index (χ1n) is 9.65. The number of hydrogen-bond donors (Lipinski definition) is 0. The van der Waals surface area contributed by atoms with Gasteiger partial charge in [0.15, 0.2) is 0 Å². The molecule has 2 heterocycles. The zero-order chi connectivity index (χ0) is 20.0. The Labute approximate surface area is 167 Å². The first-order valence-corrected chi connectivity index (χ1v) is 9.65. The summed E-state index contributed by atoms with van der Waals surface area (Å²) in [5, 5.41) is 0. The number of aryl methyl sites for hydroxylation is 1. The summed E-state index contributed by atoms with van der Waals surface area (Å²) < 4.78 is 22.6. The Balaban J connectivity index is 1.41. The monoisotopic (exact) mass is 389 g/mol. The molecule has 5 nitrogen and oxygen atoms in total. The van der Waals surface area contributed by atoms with Crippen LogP contribution in [0.2, 0.25) is 0 Å². The van der Waals surface area contributed by atoms with Gasteiger partial charge in [-0.15, -0.1) is 0 Å². The van der Waals surface area contributed by atoms with E-state index in [1.807, 2.05) is 25.2 Å². The van der Waals surface area contributed by atoms with E-state index in [0.29, 0.717) is 17.2 Å². The number of pyridine rings is 1. The number of nitrogens with zero attached hydrogens (tertiary/aromatic N) is 3. The number of imidazole rings is 1. The van der Waals surface area contributed by atoms with E-state index in [0.717, 1.165) is 22.5 Å². The van der Waals surface area contributed by atoms with E-state index in [2.05, 4.69) is 4.57 Å². The smallest absolute Gasteiger partial charge is 0.258 e. The maximum Gasteiger partial charge on any atom is 0.258 e. The fourth-order valence-corrected chi connectivity index (χ4v) is 3.61. The van der Waals surface area contributed by atoms with E-state index in [1.165, 1.54) is 31.0 Å². The standard InChI is InChI=1S/C23H20FN3O2/c1-26-21-12-18(7-8-20(21)25-23(26)16-5-6-16)27-10-9-19(13-22(27)28)29-14-15-3-2-4-17(24)11-15/h2-4,7-13,16H,5-6,14H2,1H3. The number of hydrogen-bond acceptors (Lipinski definition) is 3. The summed E-state index contributed by atoms with van der Waals surface area (Å²) in [5.41, 5.74) is 3.27. The Bertz CT molecular complexity index is 1270. The molecule has 6 heteroatoms. The number of fused-ring (bicyclic) bond motifs is 1. The van der Waals surface area contributed by atoms with Crippen molar-refractivity contribution < 1.29 is 9.13 Å². The zero-order valence-corrected chi connectivity index (χ0v) is 16.0. The van der Waals surface area contributed by atoms with E-state index in [9.17, 15) is 9.18 Å². The van der Waals surface area contributed by atoms with Crippen molar-refractivity contribution in [2.45, 2.75) is 25.4 Å². The highest BCUT2D eigenvalue weighted by Gasteiger charge is 2.28. The highest BCUT2D eigenvalue weighted by atomic mass is 19.1. The minimum atomic E-state index is -0.308. The van der Waals surface area contributed by atoms with Gasteiger partial charge in [0, 0.05) is 25.2 Å². The van der Waals surface area contributed by atoms with Crippen LogP contribution in [0.15, 0.2) is 65.6 Å². The molecule has 0 amide bonds. The Hall–Kier alpha value is -3.41. The summed E-state index contributed by atoms with van der Waals surface area (Å²) in [4.78, 5) is 17.4. The van der Waals surface area contributed by atoms with Gasteiger partial charge < -0.3 is 9.30 Å². The fourth-order valence-electron chi connectivity index (χ4n) is 3.61. The third kappa shape index (κ3) is 3.42. The summed E-state index contributed by atoms with van der Waals surface area (Å²) in [7, 11) is 2.03. The Morgan fingerprint density at radius 2 is 2.00 bits per heavy atom. The Morgan fingerprint density at radius 1 is 1.14 bits per heavy atom. The lowest BCUT2D eigenvalue weighted by molar-refractivity contribution is 0.304. The van der Waals surface area contributed by atoms with Crippen LogP contribution in [0.1, 0.15) is 30.1 Å². The maximum absolute atomic E-state index is 13.3. The van der Waals surface area contributed by atoms with Gasteiger partial charge in [0.2, 0.25) is 0 Å². The van der Waals surface area contributed by atoms with Crippen LogP contribution in [-0.4, -0.2) is 14.1 Å². The second-order valence-electron chi connectivity index (χ2n) is 7.47. The van der Waals surface area contributed by atoms with E-state index in [1.54, 1.807) is 29.0 Å². The lowest BCUT2D eigenvalue weighted by Gasteiger charge is -2.10. The van der Waals surface area contributed by atoms with Gasteiger partial charge in [0.25, 0.3) is 5.56 Å². The number of aromatic nitrogens is 3. The third-order valence-corrected chi connectivity index (χ3v) is 5.31. The molecule has 0 spiro atoms. The quantitative estimate of drug-likeness (QED) is 0.511. The van der Waals surface area contributed by atoms with Gasteiger partial charge in [-0.3, -0.25) is 9.36 Å². The van der Waals surface area contributed by atoms with Crippen molar-refractivity contribution >= 4 is 11.0 Å². The molecule has 1 aliphatic rings. The van der Waals surface area contributed by atoms with Gasteiger partial charge in [-0.1, -0.05) is 12.1 Å². The highest BCUT2D eigenvalue weighted by Crippen LogP contribution is 2.40. The van der Waals surface area contributed by atoms with Crippen molar-refractivity contribution in [1.82, 2.24) is 14.1 Å². The molecule has 2 aromatic carbocycles. The molecule has 0 radical (unpaired) electrons. The zero-order valence-electron chi connectivity index (χ0n) is 16.0. The average molecular weight is 389 g/mol. The number of ether oxygens (including phenoxy) is 1. The van der Waals surface area contributed by atoms with Crippen LogP contribution in [0.4, 0.5) is 4.39 Å². The molecule has 1 aliphatic carbocycles. The Morgan fingerprint density at radius 3 is 2.76 bits per heavy atom. The molecular formula is C23H20FN3O2. The van der Waals surface area contributed by atoms with Gasteiger partial charge in [-0.2, -0.15) is 0 Å². The molecular weight excluding hydrogens is 369 g/mol. The summed E-state index contributed by atoms with van der Waals surface area (Å²) in [6, 6.07) is 15.3. The largest absolute Gasteiger partial charge is 0.489 e. The summed E-state index contributed by atoms with van der Waals surface area (Å²) in [6.07, 6.45) is 4.09. The fraction of sp³-hybridized carbons (Fsp3) is 0.217. The van der Waals surface area contributed by atoms with Crippen LogP contribution in [0.5, 0.6) is 5.75 Å². The normalized spacial score (nSPS) is 13.7. The van der Waals surface area contributed by atoms with Crippen molar-refractivity contribution in [3.05, 3.63) is 88.4 Å². The summed E-state index contributed by atoms with van der Waals surface area (Å²) in [6.45, 7) is 0.201. The van der Waals surface area contributed by atoms with Gasteiger partial charge >= 0.3 is 0 Å². The van der Waals surface area contributed by atoms with Gasteiger partial charge in [0.05, 0.1) is 16.7 Å². The molecule has 5 rings (SSSR count). The second kappa shape index (κ2) is 6.88. The van der Waals surface area contributed by atoms with Crippen molar-refractivity contribution in [2.24, 2.45) is 7.05 Å². The Kier molecular flexibility index (Phi) is 4.19. The molecule has 0 bridgehead atoms. The molecule has 0 aliphatic heterocycles. The molecule has 1 saturated carbocycles. The lowest BCUT2D eigenvalue weighted by atomic mass is 10.2. The molecule has 0 atom stereocenters. The molecule has 1 fully saturated rings. The summed E-state index contributed by atoms with van der Waals surface area (Å²) in [5.74, 6) is 1.82. The topological polar surface area (TPSA) is 49.0 Å². The predicted octanol–water partition coefficient (Wildman–Crippen LogP) is 4.32.